The van der Waals surface area contributed by atoms with Gasteiger partial charge in [0.15, 0.2) is 0 Å². The van der Waals surface area contributed by atoms with Crippen molar-refractivity contribution in [2.75, 3.05) is 5.75 Å². The van der Waals surface area contributed by atoms with Gasteiger partial charge in [-0.2, -0.15) is 0 Å². The topological polar surface area (TPSA) is 17.1 Å². The summed E-state index contributed by atoms with van der Waals surface area (Å²) in [6, 6.07) is 7.77. The molecule has 1 atom stereocenters. The lowest BCUT2D eigenvalue weighted by atomic mass is 10.1. The van der Waals surface area contributed by atoms with Crippen molar-refractivity contribution in [2.45, 2.75) is 26.0 Å². The number of carbonyl (C=O) groups is 1. The van der Waals surface area contributed by atoms with Crippen LogP contribution >= 0.6 is 23.4 Å². The number of hydrogen-bond acceptors (Lipinski definition) is 2. The maximum Gasteiger partial charge on any atom is 0.145 e. The number of thioether (sulfide) groups is 1. The minimum atomic E-state index is 0.179. The zero-order chi connectivity index (χ0) is 12.0. The van der Waals surface area contributed by atoms with Gasteiger partial charge in [0.25, 0.3) is 0 Å². The Kier molecular flexibility index (Phi) is 5.93. The molecule has 1 aromatic rings. The molecular formula is C13H17ClOS. The van der Waals surface area contributed by atoms with Gasteiger partial charge in [-0.05, 0) is 18.1 Å². The van der Waals surface area contributed by atoms with E-state index < -0.39 is 0 Å². The van der Waals surface area contributed by atoms with E-state index in [2.05, 4.69) is 0 Å². The van der Waals surface area contributed by atoms with Crippen LogP contribution in [0.1, 0.15) is 25.8 Å². The molecule has 1 nitrogen and oxygen atoms in total. The van der Waals surface area contributed by atoms with Crippen LogP contribution in [-0.4, -0.2) is 11.5 Å². The number of benzene rings is 1. The second kappa shape index (κ2) is 6.97. The maximum absolute atomic E-state index is 11.6. The third-order valence-electron chi connectivity index (χ3n) is 2.62. The molecule has 0 aliphatic heterocycles. The van der Waals surface area contributed by atoms with Crippen molar-refractivity contribution < 1.29 is 4.79 Å². The van der Waals surface area contributed by atoms with Gasteiger partial charge in [0.05, 0.1) is 5.75 Å². The van der Waals surface area contributed by atoms with Crippen LogP contribution in [0.5, 0.6) is 0 Å². The summed E-state index contributed by atoms with van der Waals surface area (Å²) < 4.78 is 0. The largest absolute Gasteiger partial charge is 0.298 e. The van der Waals surface area contributed by atoms with Crippen LogP contribution in [0.25, 0.3) is 0 Å². The molecule has 0 saturated heterocycles. The Morgan fingerprint density at radius 1 is 1.44 bits per heavy atom. The summed E-state index contributed by atoms with van der Waals surface area (Å²) in [6.07, 6.45) is 0.922. The Hall–Kier alpha value is -0.470. The van der Waals surface area contributed by atoms with Gasteiger partial charge < -0.3 is 0 Å². The van der Waals surface area contributed by atoms with Crippen molar-refractivity contribution in [3.63, 3.8) is 0 Å². The Morgan fingerprint density at radius 3 is 2.75 bits per heavy atom. The van der Waals surface area contributed by atoms with Gasteiger partial charge in [0, 0.05) is 16.7 Å². The van der Waals surface area contributed by atoms with Crippen LogP contribution in [0.2, 0.25) is 5.02 Å². The molecule has 0 amide bonds. The molecule has 88 valence electrons. The first-order valence-corrected chi connectivity index (χ1v) is 7.02. The first kappa shape index (κ1) is 13.6. The molecule has 1 rings (SSSR count). The van der Waals surface area contributed by atoms with Crippen molar-refractivity contribution in [1.82, 2.24) is 0 Å². The van der Waals surface area contributed by atoms with Crippen LogP contribution in [0, 0.1) is 5.92 Å². The van der Waals surface area contributed by atoms with Crippen LogP contribution < -0.4 is 0 Å². The standard InChI is InChI=1S/C13H17ClOS/c1-3-10(2)13(15)9-16-8-11-6-4-5-7-12(11)14/h4-7,10H,3,8-9H2,1-2H3. The maximum atomic E-state index is 11.6. The van der Waals surface area contributed by atoms with E-state index in [9.17, 15) is 4.79 Å². The second-order valence-electron chi connectivity index (χ2n) is 3.86. The van der Waals surface area contributed by atoms with Gasteiger partial charge in [0.2, 0.25) is 0 Å². The zero-order valence-electron chi connectivity index (χ0n) is 9.70. The molecule has 0 aromatic heterocycles. The van der Waals surface area contributed by atoms with E-state index in [4.69, 9.17) is 11.6 Å². The lowest BCUT2D eigenvalue weighted by Gasteiger charge is -2.07. The molecule has 0 spiro atoms. The van der Waals surface area contributed by atoms with E-state index in [0.717, 1.165) is 22.8 Å². The average molecular weight is 257 g/mol. The fraction of sp³-hybridized carbons (Fsp3) is 0.462. The van der Waals surface area contributed by atoms with Gasteiger partial charge in [-0.25, -0.2) is 0 Å². The van der Waals surface area contributed by atoms with E-state index in [1.54, 1.807) is 11.8 Å². The molecule has 0 fully saturated rings. The second-order valence-corrected chi connectivity index (χ2v) is 5.25. The van der Waals surface area contributed by atoms with Crippen molar-refractivity contribution in [3.8, 4) is 0 Å². The fourth-order valence-electron chi connectivity index (χ4n) is 1.25. The van der Waals surface area contributed by atoms with Gasteiger partial charge in [0.1, 0.15) is 5.78 Å². The highest BCUT2D eigenvalue weighted by atomic mass is 35.5. The van der Waals surface area contributed by atoms with Gasteiger partial charge in [-0.3, -0.25) is 4.79 Å². The highest BCUT2D eigenvalue weighted by Crippen LogP contribution is 2.21. The molecule has 1 unspecified atom stereocenters. The predicted octanol–water partition coefficient (Wildman–Crippen LogP) is 4.19. The number of ketones is 1. The van der Waals surface area contributed by atoms with E-state index >= 15 is 0 Å². The summed E-state index contributed by atoms with van der Waals surface area (Å²) in [5, 5.41) is 0.783. The zero-order valence-corrected chi connectivity index (χ0v) is 11.3. The number of halogens is 1. The summed E-state index contributed by atoms with van der Waals surface area (Å²) in [7, 11) is 0. The monoisotopic (exact) mass is 256 g/mol. The van der Waals surface area contributed by atoms with Crippen molar-refractivity contribution in [1.29, 1.82) is 0 Å². The van der Waals surface area contributed by atoms with E-state index in [1.807, 2.05) is 38.1 Å². The van der Waals surface area contributed by atoms with E-state index in [0.29, 0.717) is 11.5 Å². The third kappa shape index (κ3) is 4.18. The Labute approximate surface area is 107 Å². The van der Waals surface area contributed by atoms with E-state index in [1.165, 1.54) is 0 Å². The molecule has 0 aliphatic rings. The molecule has 0 heterocycles. The highest BCUT2D eigenvalue weighted by molar-refractivity contribution is 7.99. The lowest BCUT2D eigenvalue weighted by Crippen LogP contribution is -2.12. The van der Waals surface area contributed by atoms with Crippen molar-refractivity contribution in [2.24, 2.45) is 5.92 Å². The average Bonchev–Trinajstić information content (AvgIpc) is 2.30. The third-order valence-corrected chi connectivity index (χ3v) is 3.99. The van der Waals surface area contributed by atoms with Gasteiger partial charge in [-0.15, -0.1) is 11.8 Å². The molecule has 1 aromatic carbocycles. The molecule has 0 aliphatic carbocycles. The number of hydrogen-bond donors (Lipinski definition) is 0. The predicted molar refractivity (Wildman–Crippen MR) is 72.1 cm³/mol. The molecule has 0 radical (unpaired) electrons. The first-order chi connectivity index (χ1) is 7.65. The Morgan fingerprint density at radius 2 is 2.12 bits per heavy atom. The van der Waals surface area contributed by atoms with E-state index in [-0.39, 0.29) is 5.92 Å². The first-order valence-electron chi connectivity index (χ1n) is 5.49. The minimum absolute atomic E-state index is 0.179. The number of carbonyl (C=O) groups excluding carboxylic acids is 1. The molecule has 0 saturated carbocycles. The summed E-state index contributed by atoms with van der Waals surface area (Å²) in [5.74, 6) is 1.90. The normalized spacial score (nSPS) is 12.4. The molecule has 0 bridgehead atoms. The van der Waals surface area contributed by atoms with Gasteiger partial charge in [-0.1, -0.05) is 43.6 Å². The van der Waals surface area contributed by atoms with Crippen LogP contribution in [0.4, 0.5) is 0 Å². The SMILES string of the molecule is CCC(C)C(=O)CSCc1ccccc1Cl. The minimum Gasteiger partial charge on any atom is -0.298 e. The molecule has 0 N–H and O–H groups in total. The van der Waals surface area contributed by atoms with Crippen molar-refractivity contribution >= 4 is 29.1 Å². The fourth-order valence-corrected chi connectivity index (χ4v) is 2.59. The summed E-state index contributed by atoms with van der Waals surface area (Å²) in [5.41, 5.74) is 1.10. The highest BCUT2D eigenvalue weighted by Gasteiger charge is 2.10. The van der Waals surface area contributed by atoms with Crippen LogP contribution in [0.15, 0.2) is 24.3 Å². The Balaban J connectivity index is 2.36. The molecule has 3 heteroatoms. The number of Topliss-reactive ketones (excluding diaryl/α,β-unsaturated/α-hetero) is 1. The van der Waals surface area contributed by atoms with Crippen LogP contribution in [0.3, 0.4) is 0 Å². The van der Waals surface area contributed by atoms with Crippen LogP contribution in [-0.2, 0) is 10.5 Å². The summed E-state index contributed by atoms with van der Waals surface area (Å²) >= 11 is 7.67. The van der Waals surface area contributed by atoms with Gasteiger partial charge >= 0.3 is 0 Å². The smallest absolute Gasteiger partial charge is 0.145 e. The summed E-state index contributed by atoms with van der Waals surface area (Å²) in [6.45, 7) is 4.03. The van der Waals surface area contributed by atoms with Crippen molar-refractivity contribution in [3.05, 3.63) is 34.9 Å². The lowest BCUT2D eigenvalue weighted by molar-refractivity contribution is -0.119. The quantitative estimate of drug-likeness (QED) is 0.759. The molecule has 16 heavy (non-hydrogen) atoms. The number of rotatable bonds is 6. The Bertz CT molecular complexity index is 352. The molecular weight excluding hydrogens is 240 g/mol. The summed E-state index contributed by atoms with van der Waals surface area (Å²) in [4.78, 5) is 11.6.